The predicted molar refractivity (Wildman–Crippen MR) is 102 cm³/mol. The highest BCUT2D eigenvalue weighted by Crippen LogP contribution is 2.33. The maximum atomic E-state index is 12.8. The monoisotopic (exact) mass is 356 g/mol. The highest BCUT2D eigenvalue weighted by molar-refractivity contribution is 7.18. The van der Waals surface area contributed by atoms with Crippen molar-refractivity contribution in [2.75, 3.05) is 0 Å². The lowest BCUT2D eigenvalue weighted by Gasteiger charge is -2.10. The maximum Gasteiger partial charge on any atom is 0.262 e. The average Bonchev–Trinajstić information content (AvgIpc) is 2.96. The first-order valence-corrected chi connectivity index (χ1v) is 9.28. The standard InChI is InChI=1S/C19H17ClN2OS/c1-22-16(11-10-12-6-2-4-8-14(12)20)21-18-17(19(22)23)13-7-3-5-9-15(13)24-18/h2,4,6,8,10-11H,3,5,7,9H2,1H3/b11-10+. The van der Waals surface area contributed by atoms with E-state index in [1.807, 2.05) is 36.4 Å². The van der Waals surface area contributed by atoms with E-state index in [1.54, 1.807) is 23.0 Å². The molecule has 0 atom stereocenters. The molecule has 1 aliphatic carbocycles. The fourth-order valence-electron chi connectivity index (χ4n) is 3.23. The topological polar surface area (TPSA) is 34.9 Å². The number of hydrogen-bond donors (Lipinski definition) is 0. The van der Waals surface area contributed by atoms with Gasteiger partial charge in [0.1, 0.15) is 10.7 Å². The highest BCUT2D eigenvalue weighted by atomic mass is 35.5. The molecule has 0 saturated heterocycles. The fraction of sp³-hybridized carbons (Fsp3) is 0.263. The molecule has 24 heavy (non-hydrogen) atoms. The molecule has 0 bridgehead atoms. The molecule has 3 nitrogen and oxygen atoms in total. The second-order valence-electron chi connectivity index (χ2n) is 6.08. The quantitative estimate of drug-likeness (QED) is 0.667. The van der Waals surface area contributed by atoms with Gasteiger partial charge in [-0.15, -0.1) is 11.3 Å². The van der Waals surface area contributed by atoms with E-state index in [9.17, 15) is 4.79 Å². The van der Waals surface area contributed by atoms with Crippen LogP contribution in [0.25, 0.3) is 22.4 Å². The second kappa shape index (κ2) is 6.19. The van der Waals surface area contributed by atoms with Crippen LogP contribution in [0.3, 0.4) is 0 Å². The molecule has 0 N–H and O–H groups in total. The number of aryl methyl sites for hydroxylation is 2. The van der Waals surface area contributed by atoms with E-state index in [0.717, 1.165) is 35.0 Å². The number of rotatable bonds is 2. The van der Waals surface area contributed by atoms with E-state index in [1.165, 1.54) is 16.9 Å². The zero-order valence-corrected chi connectivity index (χ0v) is 15.0. The Morgan fingerprint density at radius 1 is 1.21 bits per heavy atom. The Labute approximate surface area is 149 Å². The predicted octanol–water partition coefficient (Wildman–Crippen LogP) is 4.70. The van der Waals surface area contributed by atoms with Crippen molar-refractivity contribution in [1.29, 1.82) is 0 Å². The molecule has 4 rings (SSSR count). The van der Waals surface area contributed by atoms with Crippen LogP contribution in [0.1, 0.15) is 34.7 Å². The van der Waals surface area contributed by atoms with Gasteiger partial charge in [-0.3, -0.25) is 9.36 Å². The van der Waals surface area contributed by atoms with Crippen LogP contribution in [0.5, 0.6) is 0 Å². The van der Waals surface area contributed by atoms with Crippen molar-refractivity contribution in [3.8, 4) is 0 Å². The van der Waals surface area contributed by atoms with Crippen LogP contribution < -0.4 is 5.56 Å². The van der Waals surface area contributed by atoms with Gasteiger partial charge in [0.05, 0.1) is 5.39 Å². The summed E-state index contributed by atoms with van der Waals surface area (Å²) in [6, 6.07) is 7.63. The number of aromatic nitrogens is 2. The summed E-state index contributed by atoms with van der Waals surface area (Å²) < 4.78 is 1.64. The Morgan fingerprint density at radius 2 is 2.00 bits per heavy atom. The summed E-state index contributed by atoms with van der Waals surface area (Å²) in [4.78, 5) is 19.8. The molecule has 0 saturated carbocycles. The molecular weight excluding hydrogens is 340 g/mol. The maximum absolute atomic E-state index is 12.8. The van der Waals surface area contributed by atoms with Gasteiger partial charge < -0.3 is 0 Å². The van der Waals surface area contributed by atoms with Crippen molar-refractivity contribution >= 4 is 45.3 Å². The van der Waals surface area contributed by atoms with Crippen molar-refractivity contribution in [2.24, 2.45) is 7.05 Å². The van der Waals surface area contributed by atoms with Gasteiger partial charge in [0.15, 0.2) is 0 Å². The molecule has 2 heterocycles. The number of hydrogen-bond acceptors (Lipinski definition) is 3. The summed E-state index contributed by atoms with van der Waals surface area (Å²) in [5.41, 5.74) is 2.20. The zero-order chi connectivity index (χ0) is 16.7. The lowest BCUT2D eigenvalue weighted by atomic mass is 9.97. The lowest BCUT2D eigenvalue weighted by molar-refractivity contribution is 0.699. The number of halogens is 1. The van der Waals surface area contributed by atoms with Crippen LogP contribution in [0.4, 0.5) is 0 Å². The van der Waals surface area contributed by atoms with Gasteiger partial charge in [0.2, 0.25) is 0 Å². The Balaban J connectivity index is 1.84. The van der Waals surface area contributed by atoms with Gasteiger partial charge in [-0.05, 0) is 55.0 Å². The molecule has 2 aromatic heterocycles. The highest BCUT2D eigenvalue weighted by Gasteiger charge is 2.20. The summed E-state index contributed by atoms with van der Waals surface area (Å²) in [5, 5.41) is 1.51. The van der Waals surface area contributed by atoms with E-state index in [-0.39, 0.29) is 5.56 Å². The van der Waals surface area contributed by atoms with Crippen molar-refractivity contribution in [3.63, 3.8) is 0 Å². The molecule has 122 valence electrons. The van der Waals surface area contributed by atoms with Gasteiger partial charge in [-0.1, -0.05) is 29.8 Å². The molecule has 3 aromatic rings. The van der Waals surface area contributed by atoms with Crippen LogP contribution in [0, 0.1) is 0 Å². The van der Waals surface area contributed by atoms with Crippen molar-refractivity contribution in [2.45, 2.75) is 25.7 Å². The van der Waals surface area contributed by atoms with Gasteiger partial charge in [0.25, 0.3) is 5.56 Å². The van der Waals surface area contributed by atoms with E-state index < -0.39 is 0 Å². The van der Waals surface area contributed by atoms with Crippen LogP contribution >= 0.6 is 22.9 Å². The molecule has 0 amide bonds. The lowest BCUT2D eigenvalue weighted by Crippen LogP contribution is -2.21. The van der Waals surface area contributed by atoms with E-state index in [0.29, 0.717) is 10.8 Å². The van der Waals surface area contributed by atoms with Crippen LogP contribution in [-0.4, -0.2) is 9.55 Å². The minimum Gasteiger partial charge on any atom is -0.296 e. The van der Waals surface area contributed by atoms with E-state index in [2.05, 4.69) is 0 Å². The molecule has 0 spiro atoms. The van der Waals surface area contributed by atoms with Crippen molar-refractivity contribution in [1.82, 2.24) is 9.55 Å². The molecular formula is C19H17ClN2OS. The Bertz CT molecular complexity index is 1020. The number of benzene rings is 1. The number of nitrogens with zero attached hydrogens (tertiary/aromatic N) is 2. The van der Waals surface area contributed by atoms with Gasteiger partial charge in [0, 0.05) is 16.9 Å². The summed E-state index contributed by atoms with van der Waals surface area (Å²) in [6.45, 7) is 0. The third kappa shape index (κ3) is 2.60. The van der Waals surface area contributed by atoms with Gasteiger partial charge in [-0.2, -0.15) is 0 Å². The van der Waals surface area contributed by atoms with Gasteiger partial charge >= 0.3 is 0 Å². The first-order chi connectivity index (χ1) is 11.6. The zero-order valence-electron chi connectivity index (χ0n) is 13.4. The number of fused-ring (bicyclic) bond motifs is 3. The summed E-state index contributed by atoms with van der Waals surface area (Å²) >= 11 is 7.86. The molecule has 1 aliphatic rings. The normalized spacial score (nSPS) is 14.4. The fourth-order valence-corrected chi connectivity index (χ4v) is 4.68. The SMILES string of the molecule is Cn1c(/C=C/c2ccccc2Cl)nc2sc3c(c2c1=O)CCCC3. The van der Waals surface area contributed by atoms with Crippen LogP contribution in [0.2, 0.25) is 5.02 Å². The van der Waals surface area contributed by atoms with E-state index in [4.69, 9.17) is 16.6 Å². The van der Waals surface area contributed by atoms with Crippen LogP contribution in [-0.2, 0) is 19.9 Å². The summed E-state index contributed by atoms with van der Waals surface area (Å²) in [5.74, 6) is 0.658. The largest absolute Gasteiger partial charge is 0.296 e. The second-order valence-corrected chi connectivity index (χ2v) is 7.57. The first kappa shape index (κ1) is 15.6. The van der Waals surface area contributed by atoms with Gasteiger partial charge in [-0.25, -0.2) is 4.98 Å². The average molecular weight is 357 g/mol. The van der Waals surface area contributed by atoms with Crippen molar-refractivity contribution in [3.05, 3.63) is 61.5 Å². The molecule has 0 unspecified atom stereocenters. The smallest absolute Gasteiger partial charge is 0.262 e. The Morgan fingerprint density at radius 3 is 2.83 bits per heavy atom. The molecule has 1 aromatic carbocycles. The minimum absolute atomic E-state index is 0.0539. The Kier molecular flexibility index (Phi) is 4.02. The third-order valence-corrected chi connectivity index (χ3v) is 6.08. The third-order valence-electron chi connectivity index (χ3n) is 4.55. The number of thiophene rings is 1. The summed E-state index contributed by atoms with van der Waals surface area (Å²) in [7, 11) is 1.79. The van der Waals surface area contributed by atoms with E-state index >= 15 is 0 Å². The molecule has 5 heteroatoms. The Hall–Kier alpha value is -1.91. The minimum atomic E-state index is 0.0539. The summed E-state index contributed by atoms with van der Waals surface area (Å²) in [6.07, 6.45) is 8.21. The molecule has 0 fully saturated rings. The van der Waals surface area contributed by atoms with Crippen molar-refractivity contribution < 1.29 is 0 Å². The first-order valence-electron chi connectivity index (χ1n) is 8.09. The molecule has 0 aliphatic heterocycles. The van der Waals surface area contributed by atoms with Crippen LogP contribution in [0.15, 0.2) is 29.1 Å². The molecule has 0 radical (unpaired) electrons.